The van der Waals surface area contributed by atoms with Crippen molar-refractivity contribution in [1.29, 1.82) is 0 Å². The predicted molar refractivity (Wildman–Crippen MR) is 93.8 cm³/mol. The van der Waals surface area contributed by atoms with Crippen LogP contribution in [0.5, 0.6) is 0 Å². The van der Waals surface area contributed by atoms with Gasteiger partial charge in [0, 0.05) is 24.8 Å². The number of hydrogen-bond acceptors (Lipinski definition) is 3. The lowest BCUT2D eigenvalue weighted by Crippen LogP contribution is -2.35. The van der Waals surface area contributed by atoms with Crippen LogP contribution < -0.4 is 0 Å². The Morgan fingerprint density at radius 1 is 1.25 bits per heavy atom. The summed E-state index contributed by atoms with van der Waals surface area (Å²) in [4.78, 5) is 6.64. The molecule has 0 amide bonds. The van der Waals surface area contributed by atoms with Crippen molar-refractivity contribution in [3.8, 4) is 0 Å². The molecule has 1 atom stereocenters. The average Bonchev–Trinajstić information content (AvgIpc) is 2.56. The number of rotatable bonds is 4. The number of ether oxygens (including phenoxy) is 1. The third kappa shape index (κ3) is 4.12. The van der Waals surface area contributed by atoms with Crippen LogP contribution in [-0.4, -0.2) is 36.1 Å². The molecule has 3 nitrogen and oxygen atoms in total. The molecule has 0 spiro atoms. The first-order valence-corrected chi connectivity index (χ1v) is 8.62. The third-order valence-electron chi connectivity index (χ3n) is 4.45. The maximum atomic E-state index is 14.5. The Bertz CT molecular complexity index is 684. The molecule has 2 aromatic rings. The smallest absolute Gasteiger partial charge is 0.129 e. The molecule has 24 heavy (non-hydrogen) atoms. The molecule has 2 heterocycles. The fraction of sp³-hybridized carbons (Fsp3) is 0.421. The van der Waals surface area contributed by atoms with Gasteiger partial charge in [0.15, 0.2) is 0 Å². The Labute approximate surface area is 147 Å². The van der Waals surface area contributed by atoms with Gasteiger partial charge in [-0.3, -0.25) is 4.98 Å². The van der Waals surface area contributed by atoms with Gasteiger partial charge < -0.3 is 9.64 Å². The number of likely N-dealkylation sites (tertiary alicyclic amines) is 1. The molecule has 0 N–H and O–H groups in total. The van der Waals surface area contributed by atoms with Gasteiger partial charge in [-0.1, -0.05) is 23.7 Å². The molecular weight excluding hydrogens is 327 g/mol. The summed E-state index contributed by atoms with van der Waals surface area (Å²) >= 11 is 5.94. The predicted octanol–water partition coefficient (Wildman–Crippen LogP) is 4.38. The van der Waals surface area contributed by atoms with E-state index in [2.05, 4.69) is 16.9 Å². The molecule has 3 rings (SSSR count). The number of hydrogen-bond donors (Lipinski definition) is 0. The van der Waals surface area contributed by atoms with Crippen molar-refractivity contribution >= 4 is 11.6 Å². The molecule has 0 radical (unpaired) electrons. The Morgan fingerprint density at radius 2 is 2.00 bits per heavy atom. The maximum absolute atomic E-state index is 14.5. The molecule has 128 valence electrons. The lowest BCUT2D eigenvalue weighted by Gasteiger charge is -2.32. The SMILES string of the molecule is Cc1ccc(C(OC2CCN(C)CC2)c2ccc(Cl)cn2)c(F)c1. The van der Waals surface area contributed by atoms with Gasteiger partial charge in [0.2, 0.25) is 0 Å². The molecule has 1 aromatic heterocycles. The Balaban J connectivity index is 1.89. The van der Waals surface area contributed by atoms with Gasteiger partial charge in [-0.25, -0.2) is 4.39 Å². The van der Waals surface area contributed by atoms with Gasteiger partial charge in [-0.15, -0.1) is 0 Å². The van der Waals surface area contributed by atoms with E-state index in [9.17, 15) is 4.39 Å². The highest BCUT2D eigenvalue weighted by Gasteiger charge is 2.26. The second-order valence-electron chi connectivity index (χ2n) is 6.45. The minimum absolute atomic E-state index is 0.101. The monoisotopic (exact) mass is 348 g/mol. The van der Waals surface area contributed by atoms with E-state index in [0.717, 1.165) is 31.5 Å². The van der Waals surface area contributed by atoms with E-state index >= 15 is 0 Å². The van der Waals surface area contributed by atoms with Crippen LogP contribution in [0.3, 0.4) is 0 Å². The topological polar surface area (TPSA) is 25.4 Å². The van der Waals surface area contributed by atoms with Crippen LogP contribution in [0.2, 0.25) is 5.02 Å². The summed E-state index contributed by atoms with van der Waals surface area (Å²) in [6.45, 7) is 3.85. The molecule has 1 aliphatic rings. The van der Waals surface area contributed by atoms with E-state index in [1.807, 2.05) is 13.0 Å². The van der Waals surface area contributed by atoms with E-state index in [-0.39, 0.29) is 11.9 Å². The first-order chi connectivity index (χ1) is 11.5. The molecule has 5 heteroatoms. The second kappa shape index (κ2) is 7.60. The quantitative estimate of drug-likeness (QED) is 0.819. The van der Waals surface area contributed by atoms with Crippen LogP contribution in [0.4, 0.5) is 4.39 Å². The number of piperidine rings is 1. The number of halogens is 2. The van der Waals surface area contributed by atoms with Gasteiger partial charge in [0.25, 0.3) is 0 Å². The van der Waals surface area contributed by atoms with Crippen LogP contribution >= 0.6 is 11.6 Å². The largest absolute Gasteiger partial charge is 0.364 e. The molecule has 0 bridgehead atoms. The molecule has 1 unspecified atom stereocenters. The molecular formula is C19H22ClFN2O. The highest BCUT2D eigenvalue weighted by molar-refractivity contribution is 6.30. The zero-order valence-corrected chi connectivity index (χ0v) is 14.8. The number of aromatic nitrogens is 1. The zero-order chi connectivity index (χ0) is 17.1. The summed E-state index contributed by atoms with van der Waals surface area (Å²) in [6, 6.07) is 8.80. The fourth-order valence-electron chi connectivity index (χ4n) is 3.00. The third-order valence-corrected chi connectivity index (χ3v) is 4.68. The van der Waals surface area contributed by atoms with E-state index in [4.69, 9.17) is 16.3 Å². The van der Waals surface area contributed by atoms with E-state index in [0.29, 0.717) is 16.3 Å². The fourth-order valence-corrected chi connectivity index (χ4v) is 3.11. The maximum Gasteiger partial charge on any atom is 0.129 e. The molecule has 0 aliphatic carbocycles. The van der Waals surface area contributed by atoms with Gasteiger partial charge >= 0.3 is 0 Å². The first-order valence-electron chi connectivity index (χ1n) is 8.24. The Morgan fingerprint density at radius 3 is 2.62 bits per heavy atom. The summed E-state index contributed by atoms with van der Waals surface area (Å²) in [5, 5.41) is 0.557. The molecule has 1 saturated heterocycles. The average molecular weight is 349 g/mol. The minimum atomic E-state index is -0.517. The second-order valence-corrected chi connectivity index (χ2v) is 6.88. The number of nitrogens with zero attached hydrogens (tertiary/aromatic N) is 2. The summed E-state index contributed by atoms with van der Waals surface area (Å²) in [5.41, 5.74) is 2.09. The van der Waals surface area contributed by atoms with Crippen molar-refractivity contribution < 1.29 is 9.13 Å². The van der Waals surface area contributed by atoms with Gasteiger partial charge in [0.1, 0.15) is 11.9 Å². The van der Waals surface area contributed by atoms with Crippen molar-refractivity contribution in [3.63, 3.8) is 0 Å². The van der Waals surface area contributed by atoms with Crippen LogP contribution in [0.1, 0.15) is 35.8 Å². The highest BCUT2D eigenvalue weighted by atomic mass is 35.5. The van der Waals surface area contributed by atoms with Crippen LogP contribution in [0.15, 0.2) is 36.5 Å². The van der Waals surface area contributed by atoms with Gasteiger partial charge in [-0.05, 0) is 50.6 Å². The minimum Gasteiger partial charge on any atom is -0.364 e. The van der Waals surface area contributed by atoms with Crippen LogP contribution in [0.25, 0.3) is 0 Å². The summed E-state index contributed by atoms with van der Waals surface area (Å²) in [7, 11) is 2.11. The summed E-state index contributed by atoms with van der Waals surface area (Å²) in [5.74, 6) is -0.260. The summed E-state index contributed by atoms with van der Waals surface area (Å²) < 4.78 is 20.8. The summed E-state index contributed by atoms with van der Waals surface area (Å²) in [6.07, 6.45) is 3.04. The van der Waals surface area contributed by atoms with Crippen molar-refractivity contribution in [2.45, 2.75) is 32.0 Å². The van der Waals surface area contributed by atoms with Crippen molar-refractivity contribution in [1.82, 2.24) is 9.88 Å². The number of aryl methyl sites for hydroxylation is 1. The van der Waals surface area contributed by atoms with Crippen molar-refractivity contribution in [3.05, 3.63) is 64.2 Å². The zero-order valence-electron chi connectivity index (χ0n) is 14.0. The van der Waals surface area contributed by atoms with Crippen LogP contribution in [0, 0.1) is 12.7 Å². The molecule has 1 aromatic carbocycles. The molecule has 1 aliphatic heterocycles. The van der Waals surface area contributed by atoms with E-state index in [1.165, 1.54) is 6.07 Å². The highest BCUT2D eigenvalue weighted by Crippen LogP contribution is 2.31. The van der Waals surface area contributed by atoms with Gasteiger partial charge in [0.05, 0.1) is 16.8 Å². The normalized spacial score (nSPS) is 17.8. The van der Waals surface area contributed by atoms with Gasteiger partial charge in [-0.2, -0.15) is 0 Å². The molecule has 1 fully saturated rings. The number of benzene rings is 1. The van der Waals surface area contributed by atoms with E-state index < -0.39 is 6.10 Å². The van der Waals surface area contributed by atoms with Crippen molar-refractivity contribution in [2.75, 3.05) is 20.1 Å². The van der Waals surface area contributed by atoms with Crippen LogP contribution in [-0.2, 0) is 4.74 Å². The van der Waals surface area contributed by atoms with E-state index in [1.54, 1.807) is 24.4 Å². The number of pyridine rings is 1. The lowest BCUT2D eigenvalue weighted by atomic mass is 10.0. The lowest BCUT2D eigenvalue weighted by molar-refractivity contribution is -0.0263. The Hall–Kier alpha value is -1.49. The van der Waals surface area contributed by atoms with Crippen molar-refractivity contribution in [2.24, 2.45) is 0 Å². The standard InChI is InChI=1S/C19H22ClFN2O/c1-13-3-5-16(17(21)11-13)19(18-6-4-14(20)12-22-18)24-15-7-9-23(2)10-8-15/h3-6,11-12,15,19H,7-10H2,1-2H3. The first kappa shape index (κ1) is 17.3. The molecule has 0 saturated carbocycles. The Kier molecular flexibility index (Phi) is 5.49.